The van der Waals surface area contributed by atoms with Gasteiger partial charge in [-0.3, -0.25) is 0 Å². The Hall–Kier alpha value is -1.35. The fraction of sp³-hybridized carbons (Fsp3) is 0.720. The molecule has 2 N–H and O–H groups in total. The summed E-state index contributed by atoms with van der Waals surface area (Å²) in [5, 5.41) is 19.8. The molecule has 0 bridgehead atoms. The normalized spacial score (nSPS) is 43.4. The van der Waals surface area contributed by atoms with Crippen LogP contribution in [-0.2, 0) is 4.79 Å². The molecule has 156 valence electrons. The van der Waals surface area contributed by atoms with Crippen LogP contribution in [0.15, 0.2) is 36.0 Å². The van der Waals surface area contributed by atoms with Crippen molar-refractivity contribution in [2.75, 3.05) is 0 Å². The van der Waals surface area contributed by atoms with Gasteiger partial charge in [-0.15, -0.1) is 0 Å². The van der Waals surface area contributed by atoms with Crippen LogP contribution >= 0.6 is 0 Å². The van der Waals surface area contributed by atoms with E-state index in [4.69, 9.17) is 5.11 Å². The maximum atomic E-state index is 10.9. The molecule has 8 atom stereocenters. The second kappa shape index (κ2) is 8.18. The van der Waals surface area contributed by atoms with Crippen molar-refractivity contribution < 1.29 is 15.0 Å². The number of aliphatic hydroxyl groups excluding tert-OH is 1. The number of aliphatic carboxylic acids is 1. The van der Waals surface area contributed by atoms with Crippen molar-refractivity contribution in [3.05, 3.63) is 36.0 Å². The highest BCUT2D eigenvalue weighted by Crippen LogP contribution is 2.73. The van der Waals surface area contributed by atoms with Gasteiger partial charge in [-0.25, -0.2) is 4.79 Å². The molecule has 0 spiro atoms. The Morgan fingerprint density at radius 1 is 1.21 bits per heavy atom. The molecule has 3 rings (SSSR count). The van der Waals surface area contributed by atoms with Crippen LogP contribution in [0, 0.1) is 46.8 Å². The summed E-state index contributed by atoms with van der Waals surface area (Å²) in [7, 11) is 0. The first kappa shape index (κ1) is 21.4. The number of rotatable bonds is 6. The highest BCUT2D eigenvalue weighted by molar-refractivity contribution is 5.80. The first-order chi connectivity index (χ1) is 13.2. The number of carboxylic acid groups (broad SMARTS) is 1. The number of hydrogen-bond acceptors (Lipinski definition) is 2. The molecule has 0 aliphatic heterocycles. The van der Waals surface area contributed by atoms with Crippen LogP contribution in [0.25, 0.3) is 0 Å². The minimum absolute atomic E-state index is 0.181. The fourth-order valence-corrected chi connectivity index (χ4v) is 6.58. The summed E-state index contributed by atoms with van der Waals surface area (Å²) in [5.41, 5.74) is 1.75. The van der Waals surface area contributed by atoms with Crippen molar-refractivity contribution in [3.63, 3.8) is 0 Å². The molecule has 3 fully saturated rings. The Kier molecular flexibility index (Phi) is 6.24. The lowest BCUT2D eigenvalue weighted by Crippen LogP contribution is -2.49. The summed E-state index contributed by atoms with van der Waals surface area (Å²) in [6.45, 7) is 11.6. The Balaban J connectivity index is 1.98. The van der Waals surface area contributed by atoms with E-state index >= 15 is 0 Å². The van der Waals surface area contributed by atoms with Gasteiger partial charge in [0.25, 0.3) is 0 Å². The van der Waals surface area contributed by atoms with Crippen LogP contribution in [0.3, 0.4) is 0 Å². The van der Waals surface area contributed by atoms with Gasteiger partial charge in [0.2, 0.25) is 0 Å². The SMILES string of the molecule is CC(=CCC(C)C)[C@H]1[C@@H](C=CC=CC(=O)O)[C@H]2[C@@H]([C@H]3C[C@]31C)[C@@H](O)CC[C@@H]2C. The van der Waals surface area contributed by atoms with Crippen LogP contribution < -0.4 is 0 Å². The summed E-state index contributed by atoms with van der Waals surface area (Å²) in [4.78, 5) is 10.8. The van der Waals surface area contributed by atoms with Crippen LogP contribution in [0.5, 0.6) is 0 Å². The molecule has 0 radical (unpaired) electrons. The molecule has 0 amide bonds. The van der Waals surface area contributed by atoms with Crippen molar-refractivity contribution in [2.24, 2.45) is 46.8 Å². The van der Waals surface area contributed by atoms with Gasteiger partial charge in [-0.05, 0) is 79.4 Å². The van der Waals surface area contributed by atoms with E-state index in [1.165, 1.54) is 18.1 Å². The van der Waals surface area contributed by atoms with Crippen LogP contribution in [-0.4, -0.2) is 22.3 Å². The second-order valence-electron chi connectivity index (χ2n) is 10.3. The van der Waals surface area contributed by atoms with Gasteiger partial charge >= 0.3 is 5.97 Å². The Bertz CT molecular complexity index is 673. The Morgan fingerprint density at radius 2 is 1.93 bits per heavy atom. The van der Waals surface area contributed by atoms with Crippen LogP contribution in [0.1, 0.15) is 60.3 Å². The number of hydrogen-bond donors (Lipinski definition) is 2. The van der Waals surface area contributed by atoms with E-state index < -0.39 is 5.97 Å². The molecule has 3 aliphatic rings. The molecule has 0 aromatic carbocycles. The second-order valence-corrected chi connectivity index (χ2v) is 10.3. The van der Waals surface area contributed by atoms with Gasteiger partial charge in [-0.1, -0.05) is 57.6 Å². The molecule has 3 heteroatoms. The molecule has 0 aromatic heterocycles. The predicted octanol–water partition coefficient (Wildman–Crippen LogP) is 5.47. The molecular formula is C25H38O3. The minimum Gasteiger partial charge on any atom is -0.478 e. The van der Waals surface area contributed by atoms with Gasteiger partial charge in [0.05, 0.1) is 6.10 Å². The highest BCUT2D eigenvalue weighted by atomic mass is 16.4. The molecule has 0 unspecified atom stereocenters. The molecule has 0 aromatic rings. The Morgan fingerprint density at radius 3 is 2.57 bits per heavy atom. The topological polar surface area (TPSA) is 57.5 Å². The third-order valence-electron chi connectivity index (χ3n) is 7.90. The molecule has 0 saturated heterocycles. The lowest BCUT2D eigenvalue weighted by Gasteiger charge is -2.52. The monoisotopic (exact) mass is 386 g/mol. The summed E-state index contributed by atoms with van der Waals surface area (Å²) in [6.07, 6.45) is 13.6. The number of carboxylic acids is 1. The number of carbonyl (C=O) groups is 1. The highest BCUT2D eigenvalue weighted by Gasteiger charge is 2.68. The van der Waals surface area contributed by atoms with Crippen molar-refractivity contribution in [1.29, 1.82) is 0 Å². The average molecular weight is 387 g/mol. The Labute approximate surface area is 170 Å². The summed E-state index contributed by atoms with van der Waals surface area (Å²) < 4.78 is 0. The van der Waals surface area contributed by atoms with Gasteiger partial charge in [0.1, 0.15) is 0 Å². The van der Waals surface area contributed by atoms with E-state index in [-0.39, 0.29) is 11.5 Å². The smallest absolute Gasteiger partial charge is 0.328 e. The van der Waals surface area contributed by atoms with E-state index in [2.05, 4.69) is 46.8 Å². The summed E-state index contributed by atoms with van der Waals surface area (Å²) in [6, 6.07) is 0. The van der Waals surface area contributed by atoms with E-state index in [1.54, 1.807) is 6.08 Å². The largest absolute Gasteiger partial charge is 0.478 e. The minimum atomic E-state index is -0.911. The zero-order valence-corrected chi connectivity index (χ0v) is 18.1. The lowest BCUT2D eigenvalue weighted by atomic mass is 9.53. The maximum Gasteiger partial charge on any atom is 0.328 e. The molecule has 3 nitrogen and oxygen atoms in total. The lowest BCUT2D eigenvalue weighted by molar-refractivity contribution is -0.131. The molecule has 3 aliphatic carbocycles. The van der Waals surface area contributed by atoms with Gasteiger partial charge in [-0.2, -0.15) is 0 Å². The third-order valence-corrected chi connectivity index (χ3v) is 7.90. The first-order valence-electron chi connectivity index (χ1n) is 11.1. The van der Waals surface area contributed by atoms with Crippen molar-refractivity contribution in [3.8, 4) is 0 Å². The predicted molar refractivity (Wildman–Crippen MR) is 114 cm³/mol. The van der Waals surface area contributed by atoms with Crippen LogP contribution in [0.2, 0.25) is 0 Å². The summed E-state index contributed by atoms with van der Waals surface area (Å²) >= 11 is 0. The molecule has 28 heavy (non-hydrogen) atoms. The molecule has 0 heterocycles. The van der Waals surface area contributed by atoms with E-state index in [0.717, 1.165) is 19.3 Å². The third kappa shape index (κ3) is 4.01. The van der Waals surface area contributed by atoms with Crippen LogP contribution in [0.4, 0.5) is 0 Å². The van der Waals surface area contributed by atoms with Crippen molar-refractivity contribution in [2.45, 2.75) is 66.4 Å². The standard InChI is InChI=1S/C25H38O3/c1-15(2)10-11-17(4)24-18(8-6-7-9-21(27)28)22-16(3)12-13-20(26)23(22)19-14-25(19,24)5/h6-9,11,15-16,18-20,22-24,26H,10,12-14H2,1-5H3,(H,27,28)/t16-,18-,19+,20-,22-,23-,24-,25+/m0/s1. The molecule has 3 saturated carbocycles. The summed E-state index contributed by atoms with van der Waals surface area (Å²) in [5.74, 6) is 2.68. The number of aliphatic hydroxyl groups is 1. The van der Waals surface area contributed by atoms with Crippen molar-refractivity contribution >= 4 is 5.97 Å². The van der Waals surface area contributed by atoms with E-state index in [1.807, 2.05) is 6.08 Å². The van der Waals surface area contributed by atoms with Gasteiger partial charge < -0.3 is 10.2 Å². The van der Waals surface area contributed by atoms with E-state index in [0.29, 0.717) is 41.4 Å². The first-order valence-corrected chi connectivity index (χ1v) is 11.1. The van der Waals surface area contributed by atoms with Crippen molar-refractivity contribution in [1.82, 2.24) is 0 Å². The average Bonchev–Trinajstić information content (AvgIpc) is 3.30. The van der Waals surface area contributed by atoms with Gasteiger partial charge in [0, 0.05) is 6.08 Å². The maximum absolute atomic E-state index is 10.9. The fourth-order valence-electron chi connectivity index (χ4n) is 6.58. The molecular weight excluding hydrogens is 348 g/mol. The quantitative estimate of drug-likeness (QED) is 0.361. The zero-order valence-electron chi connectivity index (χ0n) is 18.1. The van der Waals surface area contributed by atoms with E-state index in [9.17, 15) is 9.90 Å². The van der Waals surface area contributed by atoms with Gasteiger partial charge in [0.15, 0.2) is 0 Å². The number of allylic oxidation sites excluding steroid dienone is 5. The number of fused-ring (bicyclic) bond motifs is 3. The zero-order chi connectivity index (χ0) is 20.6.